The van der Waals surface area contributed by atoms with E-state index in [9.17, 15) is 0 Å². The molecule has 0 aromatic heterocycles. The van der Waals surface area contributed by atoms with Gasteiger partial charge in [0.2, 0.25) is 0 Å². The van der Waals surface area contributed by atoms with Crippen LogP contribution in [0.3, 0.4) is 0 Å². The molecule has 13 heavy (non-hydrogen) atoms. The fraction of sp³-hybridized carbons (Fsp3) is 0.417. The van der Waals surface area contributed by atoms with Crippen LogP contribution in [0.4, 0.5) is 0 Å². The number of fused-ring (bicyclic) bond motifs is 1. The van der Waals surface area contributed by atoms with Crippen molar-refractivity contribution >= 4 is 5.71 Å². The molecule has 1 nitrogen and oxygen atoms in total. The molecule has 0 bridgehead atoms. The number of rotatable bonds is 0. The van der Waals surface area contributed by atoms with Crippen molar-refractivity contribution in [3.8, 4) is 0 Å². The minimum Gasteiger partial charge on any atom is -0.275 e. The van der Waals surface area contributed by atoms with Crippen LogP contribution in [-0.4, -0.2) is 11.3 Å². The lowest BCUT2D eigenvalue weighted by atomic mass is 9.88. The first kappa shape index (κ1) is 8.49. The summed E-state index contributed by atoms with van der Waals surface area (Å²) < 4.78 is 0. The van der Waals surface area contributed by atoms with Crippen molar-refractivity contribution in [2.45, 2.75) is 32.7 Å². The number of dihydropyridines is 1. The van der Waals surface area contributed by atoms with E-state index in [-0.39, 0.29) is 5.54 Å². The van der Waals surface area contributed by atoms with Gasteiger partial charge >= 0.3 is 0 Å². The Labute approximate surface area is 79.6 Å². The largest absolute Gasteiger partial charge is 0.275 e. The lowest BCUT2D eigenvalue weighted by Crippen LogP contribution is -2.23. The lowest BCUT2D eigenvalue weighted by Gasteiger charge is -2.26. The molecule has 0 aromatic rings. The van der Waals surface area contributed by atoms with E-state index < -0.39 is 0 Å². The van der Waals surface area contributed by atoms with E-state index in [1.807, 2.05) is 0 Å². The Morgan fingerprint density at radius 2 is 2.15 bits per heavy atom. The molecule has 2 rings (SSSR count). The maximum Gasteiger partial charge on any atom is 0.0744 e. The van der Waals surface area contributed by atoms with Gasteiger partial charge in [-0.2, -0.15) is 0 Å². The molecule has 0 fully saturated rings. The SMILES string of the molecule is CC1=CC(C)(C)N=C2C=CCC=C12. The fourth-order valence-corrected chi connectivity index (χ4v) is 1.97. The van der Waals surface area contributed by atoms with Crippen LogP contribution >= 0.6 is 0 Å². The molecule has 1 heteroatoms. The van der Waals surface area contributed by atoms with Gasteiger partial charge in [-0.1, -0.05) is 18.2 Å². The first-order chi connectivity index (χ1) is 6.08. The van der Waals surface area contributed by atoms with Gasteiger partial charge in [-0.3, -0.25) is 4.99 Å². The zero-order chi connectivity index (χ0) is 9.47. The van der Waals surface area contributed by atoms with Gasteiger partial charge in [-0.15, -0.1) is 0 Å². The Kier molecular flexibility index (Phi) is 1.76. The second-order valence-electron chi connectivity index (χ2n) is 4.23. The summed E-state index contributed by atoms with van der Waals surface area (Å²) in [6, 6.07) is 0. The van der Waals surface area contributed by atoms with E-state index in [0.29, 0.717) is 0 Å². The van der Waals surface area contributed by atoms with E-state index in [2.05, 4.69) is 50.1 Å². The molecule has 0 amide bonds. The average molecular weight is 173 g/mol. The normalized spacial score (nSPS) is 24.4. The summed E-state index contributed by atoms with van der Waals surface area (Å²) in [6.07, 6.45) is 9.83. The van der Waals surface area contributed by atoms with Gasteiger partial charge < -0.3 is 0 Å². The van der Waals surface area contributed by atoms with Crippen molar-refractivity contribution < 1.29 is 0 Å². The van der Waals surface area contributed by atoms with Gasteiger partial charge in [0.25, 0.3) is 0 Å². The van der Waals surface area contributed by atoms with Crippen molar-refractivity contribution in [3.63, 3.8) is 0 Å². The molecule has 1 aliphatic carbocycles. The van der Waals surface area contributed by atoms with Gasteiger partial charge in [0, 0.05) is 0 Å². The van der Waals surface area contributed by atoms with Crippen LogP contribution in [0.2, 0.25) is 0 Å². The van der Waals surface area contributed by atoms with Crippen LogP contribution in [0.15, 0.2) is 40.4 Å². The summed E-state index contributed by atoms with van der Waals surface area (Å²) >= 11 is 0. The highest BCUT2D eigenvalue weighted by molar-refractivity contribution is 6.13. The van der Waals surface area contributed by atoms with E-state index in [1.54, 1.807) is 0 Å². The molecular formula is C12H15N. The number of aliphatic imine (C=N–C) groups is 1. The quantitative estimate of drug-likeness (QED) is 0.534. The van der Waals surface area contributed by atoms with Gasteiger partial charge in [0.1, 0.15) is 0 Å². The average Bonchev–Trinajstić information content (AvgIpc) is 2.02. The lowest BCUT2D eigenvalue weighted by molar-refractivity contribution is 0.648. The molecule has 0 spiro atoms. The predicted molar refractivity (Wildman–Crippen MR) is 57.1 cm³/mol. The van der Waals surface area contributed by atoms with Crippen LogP contribution in [0.25, 0.3) is 0 Å². The number of allylic oxidation sites excluding steroid dienone is 5. The second kappa shape index (κ2) is 2.69. The van der Waals surface area contributed by atoms with Gasteiger partial charge in [-0.05, 0) is 44.4 Å². The second-order valence-corrected chi connectivity index (χ2v) is 4.23. The molecule has 0 saturated carbocycles. The number of hydrogen-bond donors (Lipinski definition) is 0. The maximum atomic E-state index is 4.67. The summed E-state index contributed by atoms with van der Waals surface area (Å²) in [7, 11) is 0. The molecular weight excluding hydrogens is 158 g/mol. The first-order valence-corrected chi connectivity index (χ1v) is 4.75. The van der Waals surface area contributed by atoms with Crippen molar-refractivity contribution in [2.24, 2.45) is 4.99 Å². The third-order valence-electron chi connectivity index (χ3n) is 2.41. The monoisotopic (exact) mass is 173 g/mol. The van der Waals surface area contributed by atoms with Crippen LogP contribution in [-0.2, 0) is 0 Å². The predicted octanol–water partition coefficient (Wildman–Crippen LogP) is 3.05. The molecule has 0 unspecified atom stereocenters. The number of hydrogen-bond acceptors (Lipinski definition) is 1. The Balaban J connectivity index is 2.48. The summed E-state index contributed by atoms with van der Waals surface area (Å²) in [5, 5.41) is 0. The third kappa shape index (κ3) is 1.51. The fourth-order valence-electron chi connectivity index (χ4n) is 1.97. The Morgan fingerprint density at radius 3 is 2.92 bits per heavy atom. The molecule has 0 atom stereocenters. The van der Waals surface area contributed by atoms with Gasteiger partial charge in [-0.25, -0.2) is 0 Å². The first-order valence-electron chi connectivity index (χ1n) is 4.75. The van der Waals surface area contributed by atoms with Gasteiger partial charge in [0.05, 0.1) is 11.3 Å². The summed E-state index contributed by atoms with van der Waals surface area (Å²) in [5.74, 6) is 0. The minimum absolute atomic E-state index is 0.0293. The van der Waals surface area contributed by atoms with E-state index in [4.69, 9.17) is 0 Å². The van der Waals surface area contributed by atoms with Crippen molar-refractivity contribution in [2.75, 3.05) is 0 Å². The molecule has 1 aliphatic heterocycles. The summed E-state index contributed by atoms with van der Waals surface area (Å²) in [5.41, 5.74) is 3.80. The van der Waals surface area contributed by atoms with Crippen molar-refractivity contribution in [3.05, 3.63) is 35.5 Å². The van der Waals surface area contributed by atoms with E-state index in [1.165, 1.54) is 11.1 Å². The summed E-state index contributed by atoms with van der Waals surface area (Å²) in [6.45, 7) is 6.45. The van der Waals surface area contributed by atoms with Crippen molar-refractivity contribution in [1.29, 1.82) is 0 Å². The zero-order valence-electron chi connectivity index (χ0n) is 8.46. The molecule has 0 N–H and O–H groups in total. The van der Waals surface area contributed by atoms with Gasteiger partial charge in [0.15, 0.2) is 0 Å². The van der Waals surface area contributed by atoms with Crippen LogP contribution in [0, 0.1) is 0 Å². The highest BCUT2D eigenvalue weighted by atomic mass is 14.9. The molecule has 0 saturated heterocycles. The zero-order valence-corrected chi connectivity index (χ0v) is 8.46. The third-order valence-corrected chi connectivity index (χ3v) is 2.41. The van der Waals surface area contributed by atoms with Crippen molar-refractivity contribution in [1.82, 2.24) is 0 Å². The topological polar surface area (TPSA) is 12.4 Å². The Hall–Kier alpha value is -1.11. The maximum absolute atomic E-state index is 4.67. The van der Waals surface area contributed by atoms with E-state index in [0.717, 1.165) is 12.1 Å². The molecule has 0 aromatic carbocycles. The van der Waals surface area contributed by atoms with E-state index >= 15 is 0 Å². The highest BCUT2D eigenvalue weighted by Gasteiger charge is 2.22. The molecule has 1 heterocycles. The molecule has 0 radical (unpaired) electrons. The molecule has 2 aliphatic rings. The Bertz CT molecular complexity index is 351. The summed E-state index contributed by atoms with van der Waals surface area (Å²) in [4.78, 5) is 4.67. The standard InChI is InChI=1S/C12H15N/c1-9-8-12(2,3)13-11-7-5-4-6-10(9)11/h5-8H,4H2,1-3H3. The minimum atomic E-state index is -0.0293. The number of nitrogens with zero attached hydrogens (tertiary/aromatic N) is 1. The van der Waals surface area contributed by atoms with Crippen LogP contribution < -0.4 is 0 Å². The van der Waals surface area contributed by atoms with Crippen LogP contribution in [0.1, 0.15) is 27.2 Å². The molecule has 68 valence electrons. The van der Waals surface area contributed by atoms with Crippen LogP contribution in [0.5, 0.6) is 0 Å². The Morgan fingerprint density at radius 1 is 1.38 bits per heavy atom. The highest BCUT2D eigenvalue weighted by Crippen LogP contribution is 2.28. The smallest absolute Gasteiger partial charge is 0.0744 e.